The molecule has 3 aromatic rings. The molecule has 1 aliphatic rings. The number of hydrogen-bond donors (Lipinski definition) is 1. The maximum atomic E-state index is 12.1. The second kappa shape index (κ2) is 7.32. The number of aromatic nitrogens is 3. The number of carbonyl (C=O) groups excluding carboxylic acids is 2. The van der Waals surface area contributed by atoms with E-state index < -0.39 is 11.9 Å². The molecule has 1 amide bonds. The summed E-state index contributed by atoms with van der Waals surface area (Å²) < 4.78 is 18.0. The molecule has 138 valence electrons. The van der Waals surface area contributed by atoms with E-state index in [2.05, 4.69) is 15.5 Å². The van der Waals surface area contributed by atoms with Crippen molar-refractivity contribution in [2.75, 3.05) is 19.8 Å². The Bertz CT molecular complexity index is 987. The molecule has 2 aromatic heterocycles. The molecule has 1 aromatic carbocycles. The lowest BCUT2D eigenvalue weighted by Gasteiger charge is -2.26. The lowest BCUT2D eigenvalue weighted by Crippen LogP contribution is -2.42. The fourth-order valence-electron chi connectivity index (χ4n) is 2.61. The Morgan fingerprint density at radius 3 is 2.96 bits per heavy atom. The Morgan fingerprint density at radius 2 is 2.07 bits per heavy atom. The van der Waals surface area contributed by atoms with E-state index in [4.69, 9.17) is 14.2 Å². The first-order valence-electron chi connectivity index (χ1n) is 8.31. The average molecular weight is 368 g/mol. The molecule has 0 radical (unpaired) electrons. The van der Waals surface area contributed by atoms with Crippen molar-refractivity contribution in [3.63, 3.8) is 0 Å². The standard InChI is InChI=1S/C18H16N4O5/c23-17(19-7-13-9-25-14-3-1-2-4-15(14)27-13)10-26-18(24)12-5-6-16-21-20-11-22(16)8-12/h1-6,8,11,13H,7,9-10H2,(H,19,23). The van der Waals surface area contributed by atoms with Gasteiger partial charge in [0.15, 0.2) is 23.8 Å². The van der Waals surface area contributed by atoms with Gasteiger partial charge < -0.3 is 19.5 Å². The highest BCUT2D eigenvalue weighted by Crippen LogP contribution is 2.30. The number of hydrogen-bond acceptors (Lipinski definition) is 7. The molecule has 1 aliphatic heterocycles. The zero-order chi connectivity index (χ0) is 18.6. The van der Waals surface area contributed by atoms with Crippen molar-refractivity contribution < 1.29 is 23.8 Å². The van der Waals surface area contributed by atoms with Crippen LogP contribution in [-0.4, -0.2) is 52.3 Å². The van der Waals surface area contributed by atoms with E-state index in [1.165, 1.54) is 6.33 Å². The second-order valence-corrected chi connectivity index (χ2v) is 5.89. The van der Waals surface area contributed by atoms with Gasteiger partial charge in [-0.05, 0) is 24.3 Å². The maximum absolute atomic E-state index is 12.1. The van der Waals surface area contributed by atoms with E-state index in [-0.39, 0.29) is 19.3 Å². The highest BCUT2D eigenvalue weighted by atomic mass is 16.6. The lowest BCUT2D eigenvalue weighted by atomic mass is 10.2. The molecule has 27 heavy (non-hydrogen) atoms. The molecule has 0 bridgehead atoms. The minimum Gasteiger partial charge on any atom is -0.486 e. The Hall–Kier alpha value is -3.62. The van der Waals surface area contributed by atoms with Crippen LogP contribution in [0.25, 0.3) is 5.65 Å². The van der Waals surface area contributed by atoms with Gasteiger partial charge in [-0.1, -0.05) is 12.1 Å². The minimum atomic E-state index is -0.605. The Morgan fingerprint density at radius 1 is 1.22 bits per heavy atom. The van der Waals surface area contributed by atoms with Crippen molar-refractivity contribution in [3.05, 3.63) is 54.5 Å². The molecular formula is C18H16N4O5. The number of fused-ring (bicyclic) bond motifs is 2. The monoisotopic (exact) mass is 368 g/mol. The van der Waals surface area contributed by atoms with Crippen molar-refractivity contribution in [1.82, 2.24) is 19.9 Å². The molecule has 1 N–H and O–H groups in total. The van der Waals surface area contributed by atoms with E-state index in [0.717, 1.165) is 0 Å². The number of ether oxygens (including phenoxy) is 3. The Balaban J connectivity index is 1.24. The molecular weight excluding hydrogens is 352 g/mol. The van der Waals surface area contributed by atoms with Gasteiger partial charge in [-0.15, -0.1) is 10.2 Å². The van der Waals surface area contributed by atoms with Crippen LogP contribution in [0.1, 0.15) is 10.4 Å². The van der Waals surface area contributed by atoms with Crippen LogP contribution in [0.3, 0.4) is 0 Å². The van der Waals surface area contributed by atoms with Crippen LogP contribution < -0.4 is 14.8 Å². The van der Waals surface area contributed by atoms with Gasteiger partial charge in [0.2, 0.25) is 0 Å². The lowest BCUT2D eigenvalue weighted by molar-refractivity contribution is -0.124. The number of nitrogens with one attached hydrogen (secondary N) is 1. The summed E-state index contributed by atoms with van der Waals surface area (Å²) in [5.74, 6) is 0.293. The van der Waals surface area contributed by atoms with Crippen molar-refractivity contribution in [1.29, 1.82) is 0 Å². The Labute approximate surface area is 153 Å². The molecule has 0 saturated carbocycles. The summed E-state index contributed by atoms with van der Waals surface area (Å²) in [6.07, 6.45) is 2.71. The summed E-state index contributed by atoms with van der Waals surface area (Å²) in [6, 6.07) is 10.5. The van der Waals surface area contributed by atoms with Crippen LogP contribution >= 0.6 is 0 Å². The fraction of sp³-hybridized carbons (Fsp3) is 0.222. The summed E-state index contributed by atoms with van der Waals surface area (Å²) >= 11 is 0. The summed E-state index contributed by atoms with van der Waals surface area (Å²) in [4.78, 5) is 24.0. The fourth-order valence-corrected chi connectivity index (χ4v) is 2.61. The minimum absolute atomic E-state index is 0.247. The van der Waals surface area contributed by atoms with Gasteiger partial charge in [0, 0.05) is 6.20 Å². The zero-order valence-electron chi connectivity index (χ0n) is 14.2. The van der Waals surface area contributed by atoms with Crippen LogP contribution in [0.5, 0.6) is 11.5 Å². The summed E-state index contributed by atoms with van der Waals surface area (Å²) in [5.41, 5.74) is 0.913. The first-order chi connectivity index (χ1) is 13.2. The molecule has 9 heteroatoms. The predicted molar refractivity (Wildman–Crippen MR) is 92.6 cm³/mol. The third kappa shape index (κ3) is 3.81. The van der Waals surface area contributed by atoms with Gasteiger partial charge in [0.1, 0.15) is 19.0 Å². The predicted octanol–water partition coefficient (Wildman–Crippen LogP) is 0.842. The number of rotatable bonds is 5. The Kier molecular flexibility index (Phi) is 4.56. The maximum Gasteiger partial charge on any atom is 0.340 e. The van der Waals surface area contributed by atoms with Crippen LogP contribution in [-0.2, 0) is 9.53 Å². The van der Waals surface area contributed by atoms with E-state index in [1.807, 2.05) is 18.2 Å². The third-order valence-corrected chi connectivity index (χ3v) is 3.96. The normalized spacial score (nSPS) is 15.3. The molecule has 0 fully saturated rings. The molecule has 3 heterocycles. The van der Waals surface area contributed by atoms with Gasteiger partial charge >= 0.3 is 5.97 Å². The SMILES string of the molecule is O=C(COC(=O)c1ccc2nncn2c1)NCC1COc2ccccc2O1. The van der Waals surface area contributed by atoms with Gasteiger partial charge in [0.05, 0.1) is 12.1 Å². The van der Waals surface area contributed by atoms with Crippen molar-refractivity contribution in [3.8, 4) is 11.5 Å². The van der Waals surface area contributed by atoms with Gasteiger partial charge in [-0.3, -0.25) is 9.20 Å². The van der Waals surface area contributed by atoms with Gasteiger partial charge in [-0.25, -0.2) is 4.79 Å². The highest BCUT2D eigenvalue weighted by molar-refractivity contribution is 5.91. The van der Waals surface area contributed by atoms with Crippen LogP contribution in [0.2, 0.25) is 0 Å². The molecule has 0 aliphatic carbocycles. The smallest absolute Gasteiger partial charge is 0.340 e. The molecule has 1 atom stereocenters. The van der Waals surface area contributed by atoms with E-state index in [9.17, 15) is 9.59 Å². The van der Waals surface area contributed by atoms with E-state index >= 15 is 0 Å². The largest absolute Gasteiger partial charge is 0.486 e. The number of benzene rings is 1. The van der Waals surface area contributed by atoms with Crippen LogP contribution in [0, 0.1) is 0 Å². The summed E-state index contributed by atoms with van der Waals surface area (Å²) in [6.45, 7) is 0.191. The number of carbonyl (C=O) groups is 2. The number of nitrogens with zero attached hydrogens (tertiary/aromatic N) is 3. The number of amides is 1. The molecule has 1 unspecified atom stereocenters. The van der Waals surface area contributed by atoms with Crippen molar-refractivity contribution >= 4 is 17.5 Å². The van der Waals surface area contributed by atoms with E-state index in [0.29, 0.717) is 29.3 Å². The number of pyridine rings is 1. The van der Waals surface area contributed by atoms with Crippen molar-refractivity contribution in [2.24, 2.45) is 0 Å². The average Bonchev–Trinajstić information content (AvgIpc) is 3.18. The number of para-hydroxylation sites is 2. The highest BCUT2D eigenvalue weighted by Gasteiger charge is 2.21. The molecule has 4 rings (SSSR count). The topological polar surface area (TPSA) is 104 Å². The van der Waals surface area contributed by atoms with Crippen LogP contribution in [0.4, 0.5) is 0 Å². The van der Waals surface area contributed by atoms with Gasteiger partial charge in [-0.2, -0.15) is 0 Å². The van der Waals surface area contributed by atoms with E-state index in [1.54, 1.807) is 28.8 Å². The first kappa shape index (κ1) is 16.8. The summed E-state index contributed by atoms with van der Waals surface area (Å²) in [7, 11) is 0. The van der Waals surface area contributed by atoms with Crippen molar-refractivity contribution in [2.45, 2.75) is 6.10 Å². The van der Waals surface area contributed by atoms with Gasteiger partial charge in [0.25, 0.3) is 5.91 Å². The summed E-state index contributed by atoms with van der Waals surface area (Å²) in [5, 5.41) is 10.3. The molecule has 0 saturated heterocycles. The second-order valence-electron chi connectivity index (χ2n) is 5.89. The molecule has 0 spiro atoms. The van der Waals surface area contributed by atoms with Crippen LogP contribution in [0.15, 0.2) is 48.9 Å². The quantitative estimate of drug-likeness (QED) is 0.666. The third-order valence-electron chi connectivity index (χ3n) is 3.96. The molecule has 9 nitrogen and oxygen atoms in total. The zero-order valence-corrected chi connectivity index (χ0v) is 14.2. The number of esters is 1. The first-order valence-corrected chi connectivity index (χ1v) is 8.31.